The number of rotatable bonds is 8. The maximum absolute atomic E-state index is 9.94. The summed E-state index contributed by atoms with van der Waals surface area (Å²) in [6, 6.07) is 5.84. The van der Waals surface area contributed by atoms with Crippen molar-refractivity contribution in [3.05, 3.63) is 23.8 Å². The van der Waals surface area contributed by atoms with Crippen molar-refractivity contribution in [2.45, 2.75) is 39.3 Å². The second kappa shape index (κ2) is 7.36. The van der Waals surface area contributed by atoms with Crippen molar-refractivity contribution in [2.75, 3.05) is 20.3 Å². The van der Waals surface area contributed by atoms with Gasteiger partial charge in [0.1, 0.15) is 6.61 Å². The molecule has 4 heteroatoms. The molecule has 1 rings (SSSR count). The Hall–Kier alpha value is -1.26. The summed E-state index contributed by atoms with van der Waals surface area (Å²) in [6.07, 6.45) is 0.647. The topological polar surface area (TPSA) is 50.7 Å². The third-order valence-electron chi connectivity index (χ3n) is 3.11. The van der Waals surface area contributed by atoms with E-state index in [0.717, 1.165) is 18.7 Å². The molecule has 1 aromatic rings. The van der Waals surface area contributed by atoms with E-state index < -0.39 is 5.60 Å². The van der Waals surface area contributed by atoms with Gasteiger partial charge >= 0.3 is 0 Å². The van der Waals surface area contributed by atoms with Crippen LogP contribution in [0.15, 0.2) is 18.2 Å². The minimum absolute atomic E-state index is 0.256. The van der Waals surface area contributed by atoms with E-state index in [2.05, 4.69) is 12.2 Å². The molecule has 1 unspecified atom stereocenters. The van der Waals surface area contributed by atoms with Gasteiger partial charge in [-0.05, 0) is 37.6 Å². The van der Waals surface area contributed by atoms with Gasteiger partial charge in [-0.1, -0.05) is 19.9 Å². The van der Waals surface area contributed by atoms with Crippen LogP contribution in [0.25, 0.3) is 0 Å². The molecular formula is C15H25NO3. The van der Waals surface area contributed by atoms with Crippen molar-refractivity contribution < 1.29 is 14.6 Å². The van der Waals surface area contributed by atoms with Gasteiger partial charge in [0.2, 0.25) is 0 Å². The molecule has 0 fully saturated rings. The molecule has 1 atom stereocenters. The van der Waals surface area contributed by atoms with Crippen LogP contribution in [0.1, 0.15) is 32.8 Å². The van der Waals surface area contributed by atoms with E-state index in [4.69, 9.17) is 9.47 Å². The molecule has 0 saturated heterocycles. The highest BCUT2D eigenvalue weighted by molar-refractivity contribution is 5.43. The van der Waals surface area contributed by atoms with Crippen molar-refractivity contribution in [1.82, 2.24) is 5.32 Å². The van der Waals surface area contributed by atoms with E-state index in [1.807, 2.05) is 25.1 Å². The van der Waals surface area contributed by atoms with Gasteiger partial charge in [0.15, 0.2) is 11.5 Å². The molecule has 2 N–H and O–H groups in total. The second-order valence-corrected chi connectivity index (χ2v) is 4.90. The van der Waals surface area contributed by atoms with E-state index >= 15 is 0 Å². The summed E-state index contributed by atoms with van der Waals surface area (Å²) in [5, 5.41) is 13.2. The predicted octanol–water partition coefficient (Wildman–Crippen LogP) is 2.34. The molecule has 0 spiro atoms. The molecule has 0 amide bonds. The quantitative estimate of drug-likeness (QED) is 0.759. The van der Waals surface area contributed by atoms with Gasteiger partial charge in [-0.15, -0.1) is 0 Å². The fourth-order valence-electron chi connectivity index (χ4n) is 1.55. The Balaban J connectivity index is 2.73. The zero-order valence-electron chi connectivity index (χ0n) is 12.3. The summed E-state index contributed by atoms with van der Waals surface area (Å²) in [4.78, 5) is 0. The van der Waals surface area contributed by atoms with Crippen LogP contribution in [0.5, 0.6) is 11.5 Å². The van der Waals surface area contributed by atoms with Crippen molar-refractivity contribution in [3.8, 4) is 11.5 Å². The first-order chi connectivity index (χ1) is 9.02. The van der Waals surface area contributed by atoms with Crippen LogP contribution < -0.4 is 14.8 Å². The van der Waals surface area contributed by atoms with E-state index in [1.54, 1.807) is 14.0 Å². The van der Waals surface area contributed by atoms with Gasteiger partial charge in [-0.25, -0.2) is 0 Å². The summed E-state index contributed by atoms with van der Waals surface area (Å²) in [5.41, 5.74) is 0.335. The minimum atomic E-state index is -0.812. The van der Waals surface area contributed by atoms with Crippen LogP contribution in [0, 0.1) is 0 Å². The zero-order chi connectivity index (χ0) is 14.3. The number of nitrogens with one attached hydrogen (secondary N) is 1. The molecular weight excluding hydrogens is 242 g/mol. The first-order valence-corrected chi connectivity index (χ1v) is 6.75. The SMILES string of the molecule is CCNCc1ccc(OCC(C)(O)CC)c(OC)c1. The third-order valence-corrected chi connectivity index (χ3v) is 3.11. The van der Waals surface area contributed by atoms with Crippen LogP contribution in [0.4, 0.5) is 0 Å². The molecule has 0 heterocycles. The summed E-state index contributed by atoms with van der Waals surface area (Å²) < 4.78 is 11.0. The predicted molar refractivity (Wildman–Crippen MR) is 76.8 cm³/mol. The standard InChI is InChI=1S/C15H25NO3/c1-5-15(3,17)11-19-13-8-7-12(10-16-6-2)9-14(13)18-4/h7-9,16-17H,5-6,10-11H2,1-4H3. The molecule has 0 radical (unpaired) electrons. The number of hydrogen-bond donors (Lipinski definition) is 2. The maximum atomic E-state index is 9.94. The lowest BCUT2D eigenvalue weighted by atomic mass is 10.1. The smallest absolute Gasteiger partial charge is 0.161 e. The molecule has 0 aliphatic heterocycles. The molecule has 0 aliphatic rings. The Morgan fingerprint density at radius 2 is 2.00 bits per heavy atom. The first kappa shape index (κ1) is 15.8. The van der Waals surface area contributed by atoms with Gasteiger partial charge in [0.25, 0.3) is 0 Å². The molecule has 0 aromatic heterocycles. The summed E-state index contributed by atoms with van der Waals surface area (Å²) >= 11 is 0. The molecule has 4 nitrogen and oxygen atoms in total. The fourth-order valence-corrected chi connectivity index (χ4v) is 1.55. The number of ether oxygens (including phenoxy) is 2. The average Bonchev–Trinajstić information content (AvgIpc) is 2.43. The number of hydrogen-bond acceptors (Lipinski definition) is 4. The van der Waals surface area contributed by atoms with Gasteiger partial charge in [-0.3, -0.25) is 0 Å². The number of benzene rings is 1. The van der Waals surface area contributed by atoms with Crippen LogP contribution in [-0.4, -0.2) is 31.0 Å². The Morgan fingerprint density at radius 3 is 2.58 bits per heavy atom. The molecule has 0 saturated carbocycles. The Morgan fingerprint density at radius 1 is 1.26 bits per heavy atom. The average molecular weight is 267 g/mol. The zero-order valence-corrected chi connectivity index (χ0v) is 12.3. The van der Waals surface area contributed by atoms with E-state index in [-0.39, 0.29) is 6.61 Å². The summed E-state index contributed by atoms with van der Waals surface area (Å²) in [6.45, 7) is 7.76. The number of aliphatic hydroxyl groups is 1. The molecule has 0 aliphatic carbocycles. The van der Waals surface area contributed by atoms with Crippen molar-refractivity contribution in [1.29, 1.82) is 0 Å². The lowest BCUT2D eigenvalue weighted by Gasteiger charge is -2.22. The maximum Gasteiger partial charge on any atom is 0.161 e. The van der Waals surface area contributed by atoms with Crippen LogP contribution >= 0.6 is 0 Å². The Kier molecular flexibility index (Phi) is 6.12. The number of methoxy groups -OCH3 is 1. The summed E-state index contributed by atoms with van der Waals surface area (Å²) in [5.74, 6) is 1.36. The van der Waals surface area contributed by atoms with E-state index in [9.17, 15) is 5.11 Å². The fraction of sp³-hybridized carbons (Fsp3) is 0.600. The van der Waals surface area contributed by atoms with E-state index in [1.165, 1.54) is 0 Å². The monoisotopic (exact) mass is 267 g/mol. The van der Waals surface area contributed by atoms with Gasteiger partial charge < -0.3 is 19.9 Å². The highest BCUT2D eigenvalue weighted by atomic mass is 16.5. The van der Waals surface area contributed by atoms with Gasteiger partial charge in [-0.2, -0.15) is 0 Å². The minimum Gasteiger partial charge on any atom is -0.493 e. The molecule has 19 heavy (non-hydrogen) atoms. The van der Waals surface area contributed by atoms with Crippen LogP contribution in [0.3, 0.4) is 0 Å². The Labute approximate surface area is 115 Å². The van der Waals surface area contributed by atoms with Crippen LogP contribution in [-0.2, 0) is 6.54 Å². The third kappa shape index (κ3) is 5.09. The van der Waals surface area contributed by atoms with Crippen molar-refractivity contribution in [2.24, 2.45) is 0 Å². The first-order valence-electron chi connectivity index (χ1n) is 6.75. The van der Waals surface area contributed by atoms with Crippen molar-refractivity contribution in [3.63, 3.8) is 0 Å². The highest BCUT2D eigenvalue weighted by Crippen LogP contribution is 2.29. The highest BCUT2D eigenvalue weighted by Gasteiger charge is 2.19. The van der Waals surface area contributed by atoms with Crippen molar-refractivity contribution >= 4 is 0 Å². The molecule has 108 valence electrons. The van der Waals surface area contributed by atoms with Crippen LogP contribution in [0.2, 0.25) is 0 Å². The second-order valence-electron chi connectivity index (χ2n) is 4.90. The lowest BCUT2D eigenvalue weighted by molar-refractivity contribution is 0.00775. The largest absolute Gasteiger partial charge is 0.493 e. The Bertz CT molecular complexity index is 391. The summed E-state index contributed by atoms with van der Waals surface area (Å²) in [7, 11) is 1.62. The molecule has 1 aromatic carbocycles. The molecule has 0 bridgehead atoms. The van der Waals surface area contributed by atoms with E-state index in [0.29, 0.717) is 17.9 Å². The normalized spacial score (nSPS) is 13.9. The lowest BCUT2D eigenvalue weighted by Crippen LogP contribution is -2.31. The van der Waals surface area contributed by atoms with Gasteiger partial charge in [0.05, 0.1) is 12.7 Å². The van der Waals surface area contributed by atoms with Gasteiger partial charge in [0, 0.05) is 6.54 Å².